The van der Waals surface area contributed by atoms with Crippen LogP contribution < -0.4 is 0 Å². The van der Waals surface area contributed by atoms with Gasteiger partial charge in [-0.15, -0.1) is 11.3 Å². The van der Waals surface area contributed by atoms with Gasteiger partial charge in [-0.1, -0.05) is 45.0 Å². The van der Waals surface area contributed by atoms with Crippen molar-refractivity contribution in [2.45, 2.75) is 33.1 Å². The molecule has 3 heterocycles. The zero-order valence-electron chi connectivity index (χ0n) is 18.1. The molecule has 152 valence electrons. The molecule has 0 saturated heterocycles. The topological polar surface area (TPSA) is 26.0 Å². The molecule has 0 aliphatic carbocycles. The van der Waals surface area contributed by atoms with Crippen LogP contribution in [0.4, 0.5) is 0 Å². The van der Waals surface area contributed by atoms with Gasteiger partial charge in [0.1, 0.15) is 11.3 Å². The summed E-state index contributed by atoms with van der Waals surface area (Å²) in [5, 5.41) is 6.21. The molecular weight excluding hydrogens is 398 g/mol. The largest absolute Gasteiger partial charge is 0.461 e. The van der Waals surface area contributed by atoms with E-state index in [1.54, 1.807) is 0 Å². The predicted octanol–water partition coefficient (Wildman–Crippen LogP) is 8.62. The highest BCUT2D eigenvalue weighted by atomic mass is 32.1. The maximum atomic E-state index is 5.88. The minimum Gasteiger partial charge on any atom is -0.461 e. The quantitative estimate of drug-likeness (QED) is 0.265. The molecule has 0 spiro atoms. The number of benzene rings is 3. The van der Waals surface area contributed by atoms with E-state index in [0.717, 1.165) is 22.4 Å². The Bertz CT molecular complexity index is 1630. The van der Waals surface area contributed by atoms with E-state index in [1.165, 1.54) is 42.1 Å². The highest BCUT2D eigenvalue weighted by molar-refractivity contribution is 7.26. The van der Waals surface area contributed by atoms with Gasteiger partial charge in [-0.25, -0.2) is 0 Å². The van der Waals surface area contributed by atoms with Gasteiger partial charge < -0.3 is 4.42 Å². The first kappa shape index (κ1) is 18.6. The highest BCUT2D eigenvalue weighted by Crippen LogP contribution is 2.42. The predicted molar refractivity (Wildman–Crippen MR) is 133 cm³/mol. The summed E-state index contributed by atoms with van der Waals surface area (Å²) in [6.45, 7) is 8.85. The van der Waals surface area contributed by atoms with E-state index in [2.05, 4.69) is 81.4 Å². The molecule has 6 aromatic rings. The van der Waals surface area contributed by atoms with Crippen LogP contribution in [-0.2, 0) is 5.41 Å². The number of furan rings is 1. The Morgan fingerprint density at radius 1 is 0.839 bits per heavy atom. The monoisotopic (exact) mass is 421 g/mol. The zero-order chi connectivity index (χ0) is 21.3. The van der Waals surface area contributed by atoms with Crippen molar-refractivity contribution >= 4 is 53.3 Å². The van der Waals surface area contributed by atoms with Gasteiger partial charge >= 0.3 is 0 Å². The minimum atomic E-state index is 0.0424. The van der Waals surface area contributed by atoms with Crippen molar-refractivity contribution in [1.82, 2.24) is 4.98 Å². The molecule has 0 unspecified atom stereocenters. The number of nitrogens with zero attached hydrogens (tertiary/aromatic N) is 1. The summed E-state index contributed by atoms with van der Waals surface area (Å²) >= 11 is 1.81. The zero-order valence-corrected chi connectivity index (χ0v) is 18.9. The Morgan fingerprint density at radius 2 is 1.68 bits per heavy atom. The van der Waals surface area contributed by atoms with Crippen LogP contribution in [0.15, 0.2) is 71.3 Å². The Morgan fingerprint density at radius 3 is 2.52 bits per heavy atom. The Labute approximate surface area is 185 Å². The van der Waals surface area contributed by atoms with E-state index in [0.29, 0.717) is 0 Å². The lowest BCUT2D eigenvalue weighted by Gasteiger charge is -2.23. The molecule has 0 atom stereocenters. The third-order valence-corrected chi connectivity index (χ3v) is 7.20. The molecule has 0 aliphatic heterocycles. The van der Waals surface area contributed by atoms with Crippen molar-refractivity contribution in [2.75, 3.05) is 0 Å². The average molecular weight is 422 g/mol. The molecule has 0 saturated carbocycles. The first-order chi connectivity index (χ1) is 14.9. The normalized spacial score (nSPS) is 12.5. The Kier molecular flexibility index (Phi) is 3.85. The summed E-state index contributed by atoms with van der Waals surface area (Å²) in [5.41, 5.74) is 4.58. The smallest absolute Gasteiger partial charge is 0.135 e. The van der Waals surface area contributed by atoms with Crippen LogP contribution in [0.5, 0.6) is 0 Å². The summed E-state index contributed by atoms with van der Waals surface area (Å²) in [7, 11) is 0. The summed E-state index contributed by atoms with van der Waals surface area (Å²) in [5.74, 6) is 0.944. The molecule has 31 heavy (non-hydrogen) atoms. The van der Waals surface area contributed by atoms with Crippen molar-refractivity contribution < 1.29 is 4.42 Å². The summed E-state index contributed by atoms with van der Waals surface area (Å²) in [6, 6.07) is 22.0. The number of hydrogen-bond donors (Lipinski definition) is 0. The number of rotatable bonds is 1. The van der Waals surface area contributed by atoms with Gasteiger partial charge in [0, 0.05) is 37.3 Å². The van der Waals surface area contributed by atoms with Gasteiger partial charge in [-0.05, 0) is 65.1 Å². The summed E-state index contributed by atoms with van der Waals surface area (Å²) in [4.78, 5) is 4.90. The van der Waals surface area contributed by atoms with Gasteiger partial charge in [0.2, 0.25) is 0 Å². The lowest BCUT2D eigenvalue weighted by atomic mass is 9.82. The molecule has 0 fully saturated rings. The molecule has 0 aliphatic rings. The van der Waals surface area contributed by atoms with Crippen LogP contribution >= 0.6 is 11.3 Å². The fourth-order valence-electron chi connectivity index (χ4n) is 4.68. The maximum Gasteiger partial charge on any atom is 0.135 e. The van der Waals surface area contributed by atoms with Crippen molar-refractivity contribution in [3.05, 3.63) is 78.2 Å². The Balaban J connectivity index is 1.71. The third-order valence-electron chi connectivity index (χ3n) is 6.09. The van der Waals surface area contributed by atoms with Gasteiger partial charge in [0.15, 0.2) is 0 Å². The van der Waals surface area contributed by atoms with E-state index in [9.17, 15) is 0 Å². The van der Waals surface area contributed by atoms with E-state index in [4.69, 9.17) is 9.40 Å². The van der Waals surface area contributed by atoms with Crippen molar-refractivity contribution in [3.63, 3.8) is 0 Å². The standard InChI is InChI=1S/C28H23NOS/c1-16-11-18-13-21-25(15-23(18)30-16)31-24-9-10-29-27(26(21)24)19-12-17-7-5-6-8-20(17)22(14-19)28(2,3)4/h5-15H,1-4H3. The number of aromatic nitrogens is 1. The number of thiophene rings is 1. The van der Waals surface area contributed by atoms with Crippen LogP contribution in [0.25, 0.3) is 53.2 Å². The molecule has 3 aromatic heterocycles. The fourth-order valence-corrected chi connectivity index (χ4v) is 5.79. The number of hydrogen-bond acceptors (Lipinski definition) is 3. The molecule has 6 rings (SSSR count). The number of fused-ring (bicyclic) bond motifs is 5. The Hall–Kier alpha value is -3.17. The molecule has 3 heteroatoms. The van der Waals surface area contributed by atoms with Crippen LogP contribution in [0.2, 0.25) is 0 Å². The van der Waals surface area contributed by atoms with E-state index in [1.807, 2.05) is 24.5 Å². The molecule has 0 N–H and O–H groups in total. The molecular formula is C28H23NOS. The molecule has 0 amide bonds. The van der Waals surface area contributed by atoms with Gasteiger partial charge in [-0.2, -0.15) is 0 Å². The minimum absolute atomic E-state index is 0.0424. The van der Waals surface area contributed by atoms with E-state index < -0.39 is 0 Å². The molecule has 0 bridgehead atoms. The van der Waals surface area contributed by atoms with Gasteiger partial charge in [0.05, 0.1) is 5.69 Å². The first-order valence-electron chi connectivity index (χ1n) is 10.6. The number of pyridine rings is 1. The maximum absolute atomic E-state index is 5.88. The molecule has 3 aromatic carbocycles. The van der Waals surface area contributed by atoms with Crippen LogP contribution in [0.1, 0.15) is 32.1 Å². The highest BCUT2D eigenvalue weighted by Gasteiger charge is 2.20. The molecule has 0 radical (unpaired) electrons. The summed E-state index contributed by atoms with van der Waals surface area (Å²) < 4.78 is 8.38. The SMILES string of the molecule is Cc1cc2cc3c(cc2o1)sc1ccnc(-c2cc(C(C)(C)C)c4ccccc4c2)c13. The second-order valence-electron chi connectivity index (χ2n) is 9.37. The number of aryl methyl sites for hydroxylation is 1. The average Bonchev–Trinajstić information content (AvgIpc) is 3.28. The van der Waals surface area contributed by atoms with Crippen LogP contribution in [-0.4, -0.2) is 4.98 Å². The second-order valence-corrected chi connectivity index (χ2v) is 10.5. The van der Waals surface area contributed by atoms with Crippen molar-refractivity contribution in [3.8, 4) is 11.3 Å². The first-order valence-corrected chi connectivity index (χ1v) is 11.5. The second kappa shape index (κ2) is 6.41. The summed E-state index contributed by atoms with van der Waals surface area (Å²) in [6.07, 6.45) is 1.94. The lowest BCUT2D eigenvalue weighted by molar-refractivity contribution is 0.579. The van der Waals surface area contributed by atoms with E-state index >= 15 is 0 Å². The third kappa shape index (κ3) is 2.88. The van der Waals surface area contributed by atoms with Crippen LogP contribution in [0.3, 0.4) is 0 Å². The lowest BCUT2D eigenvalue weighted by Crippen LogP contribution is -2.12. The van der Waals surface area contributed by atoms with Gasteiger partial charge in [-0.3, -0.25) is 4.98 Å². The van der Waals surface area contributed by atoms with Crippen molar-refractivity contribution in [1.29, 1.82) is 0 Å². The van der Waals surface area contributed by atoms with E-state index in [-0.39, 0.29) is 5.41 Å². The van der Waals surface area contributed by atoms with Crippen molar-refractivity contribution in [2.24, 2.45) is 0 Å². The molecule has 2 nitrogen and oxygen atoms in total. The van der Waals surface area contributed by atoms with Gasteiger partial charge in [0.25, 0.3) is 0 Å². The van der Waals surface area contributed by atoms with Crippen LogP contribution in [0, 0.1) is 6.92 Å². The fraction of sp³-hybridized carbons (Fsp3) is 0.179.